The molecule has 0 bridgehead atoms. The molecule has 128 valence electrons. The molecule has 2 aromatic rings. The van der Waals surface area contributed by atoms with Gasteiger partial charge in [-0.2, -0.15) is 5.10 Å². The molecule has 25 heavy (non-hydrogen) atoms. The first-order chi connectivity index (χ1) is 12.1. The normalized spacial score (nSPS) is 18.8. The molecular formula is C17H17N5O2S. The molecule has 1 aliphatic carbocycles. The van der Waals surface area contributed by atoms with E-state index in [2.05, 4.69) is 15.4 Å². The molecule has 0 saturated heterocycles. The van der Waals surface area contributed by atoms with Crippen LogP contribution in [-0.2, 0) is 22.4 Å². The van der Waals surface area contributed by atoms with Crippen molar-refractivity contribution in [2.45, 2.75) is 31.7 Å². The van der Waals surface area contributed by atoms with Crippen molar-refractivity contribution in [2.75, 3.05) is 10.3 Å². The first-order valence-corrected chi connectivity index (χ1v) is 8.94. The summed E-state index contributed by atoms with van der Waals surface area (Å²) >= 11 is 1.51. The summed E-state index contributed by atoms with van der Waals surface area (Å²) in [6, 6.07) is 8.55. The number of para-hydroxylation sites is 1. The Hall–Kier alpha value is -2.74. The highest BCUT2D eigenvalue weighted by Gasteiger charge is 2.35. The smallest absolute Gasteiger partial charge is 0.273 e. The predicted molar refractivity (Wildman–Crippen MR) is 96.7 cm³/mol. The highest BCUT2D eigenvalue weighted by molar-refractivity contribution is 7.16. The molecule has 2 aliphatic rings. The van der Waals surface area contributed by atoms with Crippen LogP contribution in [0.4, 0.5) is 10.8 Å². The predicted octanol–water partition coefficient (Wildman–Crippen LogP) is 1.69. The van der Waals surface area contributed by atoms with Gasteiger partial charge in [0.1, 0.15) is 11.8 Å². The summed E-state index contributed by atoms with van der Waals surface area (Å²) < 4.78 is 0. The fourth-order valence-electron chi connectivity index (χ4n) is 3.10. The van der Waals surface area contributed by atoms with E-state index in [1.165, 1.54) is 21.2 Å². The molecule has 4 rings (SSSR count). The highest BCUT2D eigenvalue weighted by Crippen LogP contribution is 2.31. The van der Waals surface area contributed by atoms with Crippen molar-refractivity contribution in [1.82, 2.24) is 4.98 Å². The van der Waals surface area contributed by atoms with Crippen molar-refractivity contribution in [3.63, 3.8) is 0 Å². The summed E-state index contributed by atoms with van der Waals surface area (Å²) in [5.74, 6) is -0.847. The Morgan fingerprint density at radius 3 is 2.76 bits per heavy atom. The van der Waals surface area contributed by atoms with E-state index in [9.17, 15) is 9.59 Å². The van der Waals surface area contributed by atoms with Gasteiger partial charge in [-0.25, -0.2) is 4.98 Å². The van der Waals surface area contributed by atoms with Gasteiger partial charge in [-0.1, -0.05) is 18.2 Å². The number of aryl methyl sites for hydroxylation is 2. The van der Waals surface area contributed by atoms with Crippen LogP contribution in [0.1, 0.15) is 23.4 Å². The first kappa shape index (κ1) is 15.8. The lowest BCUT2D eigenvalue weighted by Crippen LogP contribution is -2.39. The Kier molecular flexibility index (Phi) is 3.96. The summed E-state index contributed by atoms with van der Waals surface area (Å²) in [5.41, 5.74) is 7.58. The lowest BCUT2D eigenvalue weighted by molar-refractivity contribution is -0.119. The van der Waals surface area contributed by atoms with E-state index >= 15 is 0 Å². The van der Waals surface area contributed by atoms with Crippen molar-refractivity contribution in [3.05, 3.63) is 40.9 Å². The molecule has 0 fully saturated rings. The minimum absolute atomic E-state index is 0.182. The average molecular weight is 355 g/mol. The number of primary amides is 1. The zero-order valence-corrected chi connectivity index (χ0v) is 14.3. The zero-order chi connectivity index (χ0) is 17.4. The van der Waals surface area contributed by atoms with Crippen LogP contribution in [-0.4, -0.2) is 28.6 Å². The largest absolute Gasteiger partial charge is 0.368 e. The summed E-state index contributed by atoms with van der Waals surface area (Å²) in [4.78, 5) is 30.0. The molecule has 1 aromatic heterocycles. The van der Waals surface area contributed by atoms with E-state index in [0.717, 1.165) is 30.6 Å². The summed E-state index contributed by atoms with van der Waals surface area (Å²) in [5, 5.41) is 9.24. The molecule has 0 unspecified atom stereocenters. The summed E-state index contributed by atoms with van der Waals surface area (Å²) in [7, 11) is 0. The molecule has 3 N–H and O–H groups in total. The Bertz CT molecular complexity index is 840. The number of carbonyl (C=O) groups is 2. The van der Waals surface area contributed by atoms with Crippen LogP contribution in [0, 0.1) is 0 Å². The first-order valence-electron chi connectivity index (χ1n) is 8.13. The van der Waals surface area contributed by atoms with Gasteiger partial charge < -0.3 is 5.73 Å². The van der Waals surface area contributed by atoms with Gasteiger partial charge in [0.15, 0.2) is 5.13 Å². The molecule has 0 spiro atoms. The van der Waals surface area contributed by atoms with Gasteiger partial charge in [0, 0.05) is 11.3 Å². The van der Waals surface area contributed by atoms with E-state index in [0.29, 0.717) is 5.13 Å². The van der Waals surface area contributed by atoms with Gasteiger partial charge in [0.2, 0.25) is 5.91 Å². The van der Waals surface area contributed by atoms with Crippen LogP contribution in [0.5, 0.6) is 0 Å². The fraction of sp³-hybridized carbons (Fsp3) is 0.294. The molecule has 2 heterocycles. The molecule has 0 saturated carbocycles. The molecule has 8 heteroatoms. The maximum atomic E-state index is 12.5. The van der Waals surface area contributed by atoms with E-state index < -0.39 is 11.9 Å². The van der Waals surface area contributed by atoms with E-state index in [1.54, 1.807) is 0 Å². The zero-order valence-electron chi connectivity index (χ0n) is 13.4. The van der Waals surface area contributed by atoms with Gasteiger partial charge in [0.25, 0.3) is 5.91 Å². The number of anilines is 2. The SMILES string of the molecule is NC(=O)[C@H]1CC(C(=O)Nc2nc3c(s2)CCC3)=NN1c1ccccc1. The number of nitrogens with one attached hydrogen (secondary N) is 1. The minimum Gasteiger partial charge on any atom is -0.368 e. The van der Waals surface area contributed by atoms with E-state index in [4.69, 9.17) is 5.73 Å². The van der Waals surface area contributed by atoms with Gasteiger partial charge in [-0.15, -0.1) is 11.3 Å². The molecule has 1 atom stereocenters. The van der Waals surface area contributed by atoms with Crippen molar-refractivity contribution in [1.29, 1.82) is 0 Å². The number of fused-ring (bicyclic) bond motifs is 1. The van der Waals surface area contributed by atoms with Gasteiger partial charge in [-0.3, -0.25) is 19.9 Å². The monoisotopic (exact) mass is 355 g/mol. The molecule has 7 nitrogen and oxygen atoms in total. The number of hydrazone groups is 1. The molecule has 1 aliphatic heterocycles. The van der Waals surface area contributed by atoms with Crippen LogP contribution in [0.15, 0.2) is 35.4 Å². The second kappa shape index (κ2) is 6.29. The van der Waals surface area contributed by atoms with Gasteiger partial charge >= 0.3 is 0 Å². The number of hydrogen-bond donors (Lipinski definition) is 2. The van der Waals surface area contributed by atoms with Crippen molar-refractivity contribution in [3.8, 4) is 0 Å². The number of rotatable bonds is 4. The lowest BCUT2D eigenvalue weighted by atomic mass is 10.1. The number of hydrogen-bond acceptors (Lipinski definition) is 6. The number of nitrogens with two attached hydrogens (primary N) is 1. The number of thiazole rings is 1. The average Bonchev–Trinajstić information content (AvgIpc) is 3.29. The Labute approximate surface area is 148 Å². The van der Waals surface area contributed by atoms with Crippen LogP contribution < -0.4 is 16.1 Å². The second-order valence-electron chi connectivity index (χ2n) is 6.05. The van der Waals surface area contributed by atoms with Crippen LogP contribution >= 0.6 is 11.3 Å². The fourth-order valence-corrected chi connectivity index (χ4v) is 4.15. The minimum atomic E-state index is -0.663. The van der Waals surface area contributed by atoms with Crippen molar-refractivity contribution in [2.24, 2.45) is 10.8 Å². The third kappa shape index (κ3) is 3.00. The van der Waals surface area contributed by atoms with Crippen LogP contribution in [0.3, 0.4) is 0 Å². The Morgan fingerprint density at radius 1 is 1.24 bits per heavy atom. The molecule has 2 amide bonds. The van der Waals surface area contributed by atoms with Gasteiger partial charge in [0.05, 0.1) is 11.4 Å². The number of nitrogens with zero attached hydrogens (tertiary/aromatic N) is 3. The number of benzene rings is 1. The van der Waals surface area contributed by atoms with E-state index in [-0.39, 0.29) is 18.0 Å². The third-order valence-corrected chi connectivity index (χ3v) is 5.41. The summed E-state index contributed by atoms with van der Waals surface area (Å²) in [6.07, 6.45) is 3.30. The van der Waals surface area contributed by atoms with Gasteiger partial charge in [-0.05, 0) is 31.4 Å². The Balaban J connectivity index is 1.54. The van der Waals surface area contributed by atoms with Crippen molar-refractivity contribution >= 4 is 39.7 Å². The maximum absolute atomic E-state index is 12.5. The van der Waals surface area contributed by atoms with Crippen LogP contribution in [0.2, 0.25) is 0 Å². The summed E-state index contributed by atoms with van der Waals surface area (Å²) in [6.45, 7) is 0. The van der Waals surface area contributed by atoms with E-state index in [1.807, 2.05) is 30.3 Å². The highest BCUT2D eigenvalue weighted by atomic mass is 32.1. The third-order valence-electron chi connectivity index (χ3n) is 4.34. The number of carbonyl (C=O) groups excluding carboxylic acids is 2. The standard InChI is InChI=1S/C17H17N5O2S/c18-15(23)13-9-12(21-22(13)10-5-2-1-3-6-10)16(24)20-17-19-11-7-4-8-14(11)25-17/h1-3,5-6,13H,4,7-9H2,(H2,18,23)(H,19,20,24)/t13-/m1/s1. The molecular weight excluding hydrogens is 338 g/mol. The lowest BCUT2D eigenvalue weighted by Gasteiger charge is -2.20. The maximum Gasteiger partial charge on any atom is 0.273 e. The molecule has 1 aromatic carbocycles. The van der Waals surface area contributed by atoms with Crippen molar-refractivity contribution < 1.29 is 9.59 Å². The molecule has 0 radical (unpaired) electrons. The Morgan fingerprint density at radius 2 is 2.04 bits per heavy atom. The second-order valence-corrected chi connectivity index (χ2v) is 7.13. The van der Waals surface area contributed by atoms with Crippen LogP contribution in [0.25, 0.3) is 0 Å². The number of amides is 2. The number of aromatic nitrogens is 1. The topological polar surface area (TPSA) is 101 Å². The quantitative estimate of drug-likeness (QED) is 0.871.